The van der Waals surface area contributed by atoms with Crippen molar-refractivity contribution in [1.82, 2.24) is 0 Å². The van der Waals surface area contributed by atoms with Gasteiger partial charge in [0.15, 0.2) is 0 Å². The predicted molar refractivity (Wildman–Crippen MR) is 65.8 cm³/mol. The van der Waals surface area contributed by atoms with Crippen molar-refractivity contribution in [3.05, 3.63) is 29.8 Å². The fourth-order valence-electron chi connectivity index (χ4n) is 2.81. The molecular formula is C14H21N. The zero-order valence-electron chi connectivity index (χ0n) is 9.74. The SMILES string of the molecule is C[C@@H]1CC[C@H](C)[C@@H](c2ccccc2N)C1. The van der Waals surface area contributed by atoms with E-state index in [1.54, 1.807) is 0 Å². The summed E-state index contributed by atoms with van der Waals surface area (Å²) in [6.07, 6.45) is 4.03. The van der Waals surface area contributed by atoms with Gasteiger partial charge in [0.1, 0.15) is 0 Å². The first-order valence-corrected chi connectivity index (χ1v) is 6.03. The zero-order valence-corrected chi connectivity index (χ0v) is 9.74. The summed E-state index contributed by atoms with van der Waals surface area (Å²) in [5.74, 6) is 2.31. The van der Waals surface area contributed by atoms with Crippen molar-refractivity contribution in [2.24, 2.45) is 11.8 Å². The molecule has 1 aliphatic rings. The second kappa shape index (κ2) is 4.26. The average Bonchev–Trinajstić information content (AvgIpc) is 2.23. The summed E-state index contributed by atoms with van der Waals surface area (Å²) < 4.78 is 0. The summed E-state index contributed by atoms with van der Waals surface area (Å²) in [7, 11) is 0. The third-order valence-electron chi connectivity index (χ3n) is 3.85. The van der Waals surface area contributed by atoms with Crippen LogP contribution in [-0.4, -0.2) is 0 Å². The number of rotatable bonds is 1. The Bertz CT molecular complexity index is 332. The molecule has 0 aliphatic heterocycles. The highest BCUT2D eigenvalue weighted by Gasteiger charge is 2.27. The van der Waals surface area contributed by atoms with Gasteiger partial charge in [0.05, 0.1) is 0 Å². The maximum Gasteiger partial charge on any atom is 0.0349 e. The molecule has 1 aliphatic carbocycles. The van der Waals surface area contributed by atoms with Crippen LogP contribution in [0.1, 0.15) is 44.6 Å². The summed E-state index contributed by atoms with van der Waals surface area (Å²) in [6, 6.07) is 8.36. The molecular weight excluding hydrogens is 182 g/mol. The van der Waals surface area contributed by atoms with E-state index in [-0.39, 0.29) is 0 Å². The third-order valence-corrected chi connectivity index (χ3v) is 3.85. The van der Waals surface area contributed by atoms with Gasteiger partial charge < -0.3 is 5.73 Å². The van der Waals surface area contributed by atoms with Crippen molar-refractivity contribution in [3.63, 3.8) is 0 Å². The second-order valence-corrected chi connectivity index (χ2v) is 5.13. The number of benzene rings is 1. The van der Waals surface area contributed by atoms with E-state index in [0.29, 0.717) is 5.92 Å². The quantitative estimate of drug-likeness (QED) is 0.690. The van der Waals surface area contributed by atoms with Gasteiger partial charge in [0.2, 0.25) is 0 Å². The Morgan fingerprint density at radius 1 is 1.13 bits per heavy atom. The van der Waals surface area contributed by atoms with E-state index in [1.807, 2.05) is 12.1 Å². The molecule has 1 saturated carbocycles. The smallest absolute Gasteiger partial charge is 0.0349 e. The Balaban J connectivity index is 2.25. The van der Waals surface area contributed by atoms with Gasteiger partial charge in [-0.15, -0.1) is 0 Å². The normalized spacial score (nSPS) is 31.5. The van der Waals surface area contributed by atoms with Gasteiger partial charge in [-0.3, -0.25) is 0 Å². The molecule has 0 aromatic heterocycles. The molecule has 1 aromatic carbocycles. The molecule has 0 spiro atoms. The monoisotopic (exact) mass is 203 g/mol. The summed E-state index contributed by atoms with van der Waals surface area (Å²) in [5, 5.41) is 0. The van der Waals surface area contributed by atoms with Crippen LogP contribution in [-0.2, 0) is 0 Å². The molecule has 15 heavy (non-hydrogen) atoms. The molecule has 0 unspecified atom stereocenters. The van der Waals surface area contributed by atoms with Gasteiger partial charge in [-0.1, -0.05) is 38.5 Å². The molecule has 2 N–H and O–H groups in total. The van der Waals surface area contributed by atoms with Crippen molar-refractivity contribution >= 4 is 5.69 Å². The second-order valence-electron chi connectivity index (χ2n) is 5.13. The van der Waals surface area contributed by atoms with E-state index in [4.69, 9.17) is 5.73 Å². The Morgan fingerprint density at radius 3 is 2.60 bits per heavy atom. The van der Waals surface area contributed by atoms with Crippen LogP contribution in [0.3, 0.4) is 0 Å². The van der Waals surface area contributed by atoms with Crippen molar-refractivity contribution in [3.8, 4) is 0 Å². The first kappa shape index (κ1) is 10.5. The van der Waals surface area contributed by atoms with Gasteiger partial charge in [-0.05, 0) is 42.2 Å². The summed E-state index contributed by atoms with van der Waals surface area (Å²) >= 11 is 0. The van der Waals surface area contributed by atoms with Crippen molar-refractivity contribution < 1.29 is 0 Å². The van der Waals surface area contributed by atoms with Gasteiger partial charge >= 0.3 is 0 Å². The van der Waals surface area contributed by atoms with E-state index in [2.05, 4.69) is 26.0 Å². The van der Waals surface area contributed by atoms with E-state index in [9.17, 15) is 0 Å². The fraction of sp³-hybridized carbons (Fsp3) is 0.571. The molecule has 1 nitrogen and oxygen atoms in total. The molecule has 1 heteroatoms. The number of para-hydroxylation sites is 1. The molecule has 3 atom stereocenters. The summed E-state index contributed by atoms with van der Waals surface area (Å²) in [4.78, 5) is 0. The minimum atomic E-state index is 0.676. The molecule has 0 heterocycles. The Kier molecular flexibility index (Phi) is 2.99. The largest absolute Gasteiger partial charge is 0.398 e. The number of nitrogen functional groups attached to an aromatic ring is 1. The third kappa shape index (κ3) is 2.17. The minimum absolute atomic E-state index is 0.676. The van der Waals surface area contributed by atoms with E-state index in [0.717, 1.165) is 17.5 Å². The topological polar surface area (TPSA) is 26.0 Å². The fourth-order valence-corrected chi connectivity index (χ4v) is 2.81. The highest BCUT2D eigenvalue weighted by atomic mass is 14.6. The van der Waals surface area contributed by atoms with Crippen LogP contribution in [0.4, 0.5) is 5.69 Å². The Labute approximate surface area is 92.7 Å². The molecule has 0 saturated heterocycles. The Hall–Kier alpha value is -0.980. The van der Waals surface area contributed by atoms with Crippen molar-refractivity contribution in [2.45, 2.75) is 39.0 Å². The van der Waals surface area contributed by atoms with Crippen LogP contribution >= 0.6 is 0 Å². The van der Waals surface area contributed by atoms with Crippen LogP contribution in [0, 0.1) is 11.8 Å². The predicted octanol–water partition coefficient (Wildman–Crippen LogP) is 3.81. The maximum absolute atomic E-state index is 6.06. The molecule has 1 aromatic rings. The highest BCUT2D eigenvalue weighted by molar-refractivity contribution is 5.48. The lowest BCUT2D eigenvalue weighted by Crippen LogP contribution is -2.20. The summed E-state index contributed by atoms with van der Waals surface area (Å²) in [5.41, 5.74) is 8.41. The van der Waals surface area contributed by atoms with E-state index < -0.39 is 0 Å². The molecule has 0 bridgehead atoms. The van der Waals surface area contributed by atoms with Crippen LogP contribution in [0.5, 0.6) is 0 Å². The minimum Gasteiger partial charge on any atom is -0.398 e. The lowest BCUT2D eigenvalue weighted by molar-refractivity contribution is 0.265. The molecule has 1 fully saturated rings. The van der Waals surface area contributed by atoms with Crippen molar-refractivity contribution in [1.29, 1.82) is 0 Å². The first-order valence-electron chi connectivity index (χ1n) is 6.03. The van der Waals surface area contributed by atoms with Crippen LogP contribution in [0.2, 0.25) is 0 Å². The molecule has 82 valence electrons. The molecule has 0 radical (unpaired) electrons. The lowest BCUT2D eigenvalue weighted by atomic mass is 9.72. The van der Waals surface area contributed by atoms with Gasteiger partial charge in [-0.2, -0.15) is 0 Å². The van der Waals surface area contributed by atoms with Gasteiger partial charge in [-0.25, -0.2) is 0 Å². The molecule has 0 amide bonds. The zero-order chi connectivity index (χ0) is 10.8. The number of nitrogens with two attached hydrogens (primary N) is 1. The van der Waals surface area contributed by atoms with Gasteiger partial charge in [0.25, 0.3) is 0 Å². The van der Waals surface area contributed by atoms with Crippen LogP contribution in [0.15, 0.2) is 24.3 Å². The maximum atomic E-state index is 6.06. The number of anilines is 1. The number of hydrogen-bond donors (Lipinski definition) is 1. The first-order chi connectivity index (χ1) is 7.18. The number of hydrogen-bond acceptors (Lipinski definition) is 1. The van der Waals surface area contributed by atoms with E-state index >= 15 is 0 Å². The lowest BCUT2D eigenvalue weighted by Gasteiger charge is -2.33. The summed E-state index contributed by atoms with van der Waals surface area (Å²) in [6.45, 7) is 4.72. The molecule has 2 rings (SSSR count). The van der Waals surface area contributed by atoms with Crippen LogP contribution < -0.4 is 5.73 Å². The standard InChI is InChI=1S/C14H21N/c1-10-7-8-11(2)13(9-10)12-5-3-4-6-14(12)15/h3-6,10-11,13H,7-9,15H2,1-2H3/t10-,11+,13+/m1/s1. The highest BCUT2D eigenvalue weighted by Crippen LogP contribution is 2.41. The van der Waals surface area contributed by atoms with Crippen molar-refractivity contribution in [2.75, 3.05) is 5.73 Å². The van der Waals surface area contributed by atoms with Gasteiger partial charge in [0, 0.05) is 5.69 Å². The average molecular weight is 203 g/mol. The Morgan fingerprint density at radius 2 is 1.87 bits per heavy atom. The van der Waals surface area contributed by atoms with E-state index in [1.165, 1.54) is 24.8 Å². The van der Waals surface area contributed by atoms with Crippen LogP contribution in [0.25, 0.3) is 0 Å².